The lowest BCUT2D eigenvalue weighted by Crippen LogP contribution is -2.00. The summed E-state index contributed by atoms with van der Waals surface area (Å²) in [6.45, 7) is 0.803. The fraction of sp³-hybridized carbons (Fsp3) is 0.375. The molecule has 12 heavy (non-hydrogen) atoms. The molecule has 0 aliphatic carbocycles. The molecule has 64 valence electrons. The Morgan fingerprint density at radius 1 is 1.58 bits per heavy atom. The van der Waals surface area contributed by atoms with E-state index < -0.39 is 0 Å². The number of nitrogen functional groups attached to an aromatic ring is 1. The maximum Gasteiger partial charge on any atom is 0.0883 e. The summed E-state index contributed by atoms with van der Waals surface area (Å²) < 4.78 is 5.20. The second-order valence-electron chi connectivity index (χ2n) is 2.82. The number of ether oxygens (including phenoxy) is 1. The van der Waals surface area contributed by atoms with E-state index in [0.29, 0.717) is 5.69 Å². The maximum absolute atomic E-state index is 5.68. The molecule has 0 saturated heterocycles. The Hall–Kier alpha value is -1.45. The third kappa shape index (κ3) is 1.15. The highest BCUT2D eigenvalue weighted by Gasteiger charge is 2.10. The van der Waals surface area contributed by atoms with Gasteiger partial charge >= 0.3 is 0 Å². The Morgan fingerprint density at radius 3 is 3.08 bits per heavy atom. The van der Waals surface area contributed by atoms with Crippen LogP contribution in [0.15, 0.2) is 12.5 Å². The average Bonchev–Trinajstić information content (AvgIpc) is 2.53. The number of rotatable bonds is 1. The molecule has 0 amide bonds. The van der Waals surface area contributed by atoms with E-state index >= 15 is 0 Å². The van der Waals surface area contributed by atoms with Crippen LogP contribution in [-0.2, 0) is 4.74 Å². The molecule has 4 nitrogen and oxygen atoms in total. The number of anilines is 1. The molecule has 1 aliphatic heterocycles. The Morgan fingerprint density at radius 2 is 2.50 bits per heavy atom. The van der Waals surface area contributed by atoms with Crippen LogP contribution in [0.5, 0.6) is 0 Å². The molecule has 1 aromatic rings. The van der Waals surface area contributed by atoms with Gasteiger partial charge in [0.2, 0.25) is 0 Å². The van der Waals surface area contributed by atoms with Gasteiger partial charge in [0, 0.05) is 5.57 Å². The Balaban J connectivity index is 2.29. The number of aromatic nitrogens is 2. The smallest absolute Gasteiger partial charge is 0.0883 e. The number of aromatic amines is 1. The van der Waals surface area contributed by atoms with Crippen molar-refractivity contribution in [1.29, 1.82) is 0 Å². The Bertz CT molecular complexity index is 303. The van der Waals surface area contributed by atoms with Crippen molar-refractivity contribution >= 4 is 11.3 Å². The fourth-order valence-corrected chi connectivity index (χ4v) is 1.30. The first-order valence-corrected chi connectivity index (χ1v) is 3.98. The van der Waals surface area contributed by atoms with Crippen LogP contribution in [0.25, 0.3) is 5.57 Å². The summed E-state index contributed by atoms with van der Waals surface area (Å²) in [6.07, 6.45) is 5.43. The summed E-state index contributed by atoms with van der Waals surface area (Å²) in [7, 11) is 0. The van der Waals surface area contributed by atoms with Crippen molar-refractivity contribution < 1.29 is 4.74 Å². The van der Waals surface area contributed by atoms with E-state index in [4.69, 9.17) is 10.5 Å². The second-order valence-corrected chi connectivity index (χ2v) is 2.82. The van der Waals surface area contributed by atoms with Crippen LogP contribution in [0, 0.1) is 0 Å². The summed E-state index contributed by atoms with van der Waals surface area (Å²) in [6, 6.07) is 0. The van der Waals surface area contributed by atoms with E-state index in [0.717, 1.165) is 30.7 Å². The van der Waals surface area contributed by atoms with Crippen molar-refractivity contribution in [2.45, 2.75) is 12.8 Å². The van der Waals surface area contributed by atoms with E-state index in [-0.39, 0.29) is 0 Å². The van der Waals surface area contributed by atoms with Crippen molar-refractivity contribution in [2.75, 3.05) is 12.3 Å². The van der Waals surface area contributed by atoms with E-state index in [1.54, 1.807) is 12.5 Å². The molecule has 2 rings (SSSR count). The van der Waals surface area contributed by atoms with Gasteiger partial charge in [-0.05, 0) is 12.8 Å². The van der Waals surface area contributed by atoms with Crippen LogP contribution in [-0.4, -0.2) is 16.8 Å². The molecule has 0 unspecified atom stereocenters. The third-order valence-electron chi connectivity index (χ3n) is 1.92. The molecule has 0 bridgehead atoms. The molecule has 0 fully saturated rings. The molecule has 1 aromatic heterocycles. The predicted octanol–water partition coefficient (Wildman–Crippen LogP) is 1.14. The molecular formula is C8H11N3O. The summed E-state index contributed by atoms with van der Waals surface area (Å²) in [5.41, 5.74) is 8.37. The van der Waals surface area contributed by atoms with Gasteiger partial charge in [-0.3, -0.25) is 5.10 Å². The quantitative estimate of drug-likeness (QED) is 0.656. The molecular weight excluding hydrogens is 154 g/mol. The zero-order valence-corrected chi connectivity index (χ0v) is 6.71. The van der Waals surface area contributed by atoms with Crippen molar-refractivity contribution in [1.82, 2.24) is 10.2 Å². The fourth-order valence-electron chi connectivity index (χ4n) is 1.30. The zero-order valence-electron chi connectivity index (χ0n) is 6.71. The minimum absolute atomic E-state index is 0.687. The van der Waals surface area contributed by atoms with Crippen molar-refractivity contribution in [3.05, 3.63) is 18.2 Å². The van der Waals surface area contributed by atoms with Gasteiger partial charge in [0.1, 0.15) is 0 Å². The van der Waals surface area contributed by atoms with Crippen molar-refractivity contribution in [3.8, 4) is 0 Å². The lowest BCUT2D eigenvalue weighted by molar-refractivity contribution is 0.235. The average molecular weight is 165 g/mol. The second kappa shape index (κ2) is 2.89. The van der Waals surface area contributed by atoms with E-state index in [1.165, 1.54) is 0 Å². The van der Waals surface area contributed by atoms with Gasteiger partial charge in [-0.1, -0.05) is 0 Å². The minimum atomic E-state index is 0.687. The molecule has 0 atom stereocenters. The zero-order chi connectivity index (χ0) is 8.39. The van der Waals surface area contributed by atoms with Gasteiger partial charge in [-0.25, -0.2) is 0 Å². The molecule has 0 aromatic carbocycles. The van der Waals surface area contributed by atoms with Crippen molar-refractivity contribution in [3.63, 3.8) is 0 Å². The third-order valence-corrected chi connectivity index (χ3v) is 1.92. The van der Waals surface area contributed by atoms with Gasteiger partial charge in [0.25, 0.3) is 0 Å². The predicted molar refractivity (Wildman–Crippen MR) is 46.2 cm³/mol. The molecule has 0 radical (unpaired) electrons. The monoisotopic (exact) mass is 165 g/mol. The number of nitrogens with zero attached hydrogens (tertiary/aromatic N) is 1. The minimum Gasteiger partial charge on any atom is -0.501 e. The Kier molecular flexibility index (Phi) is 1.74. The first-order valence-electron chi connectivity index (χ1n) is 3.98. The molecule has 2 heterocycles. The largest absolute Gasteiger partial charge is 0.501 e. The van der Waals surface area contributed by atoms with Crippen LogP contribution in [0.4, 0.5) is 5.69 Å². The van der Waals surface area contributed by atoms with E-state index in [2.05, 4.69) is 10.2 Å². The molecule has 3 N–H and O–H groups in total. The molecule has 4 heteroatoms. The highest BCUT2D eigenvalue weighted by atomic mass is 16.5. The van der Waals surface area contributed by atoms with Crippen LogP contribution in [0.2, 0.25) is 0 Å². The molecule has 0 saturated carbocycles. The SMILES string of the molecule is Nc1cn[nH]c1C1=COCCC1. The number of allylic oxidation sites excluding steroid dienone is 1. The van der Waals surface area contributed by atoms with Crippen LogP contribution >= 0.6 is 0 Å². The number of nitrogens with two attached hydrogens (primary N) is 1. The van der Waals surface area contributed by atoms with Crippen LogP contribution < -0.4 is 5.73 Å². The van der Waals surface area contributed by atoms with E-state index in [9.17, 15) is 0 Å². The first kappa shape index (κ1) is 7.21. The number of hydrogen-bond acceptors (Lipinski definition) is 3. The van der Waals surface area contributed by atoms with Crippen LogP contribution in [0.3, 0.4) is 0 Å². The van der Waals surface area contributed by atoms with Gasteiger partial charge in [0.15, 0.2) is 0 Å². The number of H-pyrrole nitrogens is 1. The lowest BCUT2D eigenvalue weighted by Gasteiger charge is -2.12. The van der Waals surface area contributed by atoms with Crippen LogP contribution in [0.1, 0.15) is 18.5 Å². The highest BCUT2D eigenvalue weighted by molar-refractivity contribution is 5.71. The molecule has 1 aliphatic rings. The van der Waals surface area contributed by atoms with Gasteiger partial charge in [-0.15, -0.1) is 0 Å². The lowest BCUT2D eigenvalue weighted by atomic mass is 10.1. The summed E-state index contributed by atoms with van der Waals surface area (Å²) >= 11 is 0. The number of hydrogen-bond donors (Lipinski definition) is 2. The van der Waals surface area contributed by atoms with Gasteiger partial charge < -0.3 is 10.5 Å². The summed E-state index contributed by atoms with van der Waals surface area (Å²) in [5.74, 6) is 0. The normalized spacial score (nSPS) is 16.8. The van der Waals surface area contributed by atoms with Crippen molar-refractivity contribution in [2.24, 2.45) is 0 Å². The summed E-state index contributed by atoms with van der Waals surface area (Å²) in [5, 5.41) is 6.70. The topological polar surface area (TPSA) is 63.9 Å². The summed E-state index contributed by atoms with van der Waals surface area (Å²) in [4.78, 5) is 0. The first-order chi connectivity index (χ1) is 5.88. The van der Waals surface area contributed by atoms with Gasteiger partial charge in [-0.2, -0.15) is 5.10 Å². The van der Waals surface area contributed by atoms with Gasteiger partial charge in [0.05, 0.1) is 30.4 Å². The highest BCUT2D eigenvalue weighted by Crippen LogP contribution is 2.25. The Labute approximate surface area is 70.4 Å². The standard InChI is InChI=1S/C8H11N3O/c9-7-4-10-11-8(7)6-2-1-3-12-5-6/h4-5H,1-3,9H2,(H,10,11). The van der Waals surface area contributed by atoms with E-state index in [1.807, 2.05) is 0 Å². The molecule has 0 spiro atoms. The number of nitrogens with one attached hydrogen (secondary N) is 1. The maximum atomic E-state index is 5.68.